The number of rotatable bonds is 5. The monoisotopic (exact) mass is 270 g/mol. The predicted octanol–water partition coefficient (Wildman–Crippen LogP) is 3.25. The molecule has 0 saturated heterocycles. The van der Waals surface area contributed by atoms with Gasteiger partial charge in [0.25, 0.3) is 0 Å². The SMILES string of the molecule is COc1ccc([C@@H](O)[C@H](C)C(=O)c2ccccc2)cc1. The summed E-state index contributed by atoms with van der Waals surface area (Å²) in [5.41, 5.74) is 1.33. The summed E-state index contributed by atoms with van der Waals surface area (Å²) in [5, 5.41) is 10.3. The molecule has 2 atom stereocenters. The highest BCUT2D eigenvalue weighted by atomic mass is 16.5. The summed E-state index contributed by atoms with van der Waals surface area (Å²) < 4.78 is 5.08. The van der Waals surface area contributed by atoms with E-state index < -0.39 is 12.0 Å². The first-order chi connectivity index (χ1) is 9.63. The van der Waals surface area contributed by atoms with Gasteiger partial charge in [0.05, 0.1) is 13.2 Å². The molecule has 0 spiro atoms. The summed E-state index contributed by atoms with van der Waals surface area (Å²) in [7, 11) is 1.59. The van der Waals surface area contributed by atoms with Crippen molar-refractivity contribution < 1.29 is 14.6 Å². The smallest absolute Gasteiger partial charge is 0.168 e. The van der Waals surface area contributed by atoms with Crippen LogP contribution in [-0.4, -0.2) is 18.0 Å². The van der Waals surface area contributed by atoms with E-state index in [0.717, 1.165) is 5.75 Å². The zero-order valence-electron chi connectivity index (χ0n) is 11.6. The Labute approximate surface area is 118 Å². The summed E-state index contributed by atoms with van der Waals surface area (Å²) in [5.74, 6) is 0.169. The molecule has 0 aliphatic rings. The van der Waals surface area contributed by atoms with Crippen LogP contribution in [0.1, 0.15) is 28.9 Å². The maximum atomic E-state index is 12.3. The lowest BCUT2D eigenvalue weighted by molar-refractivity contribution is 0.0713. The first-order valence-corrected chi connectivity index (χ1v) is 6.54. The first-order valence-electron chi connectivity index (χ1n) is 6.54. The summed E-state index contributed by atoms with van der Waals surface area (Å²) in [6.45, 7) is 1.74. The second-order valence-electron chi connectivity index (χ2n) is 4.74. The molecule has 0 aromatic heterocycles. The molecule has 0 aliphatic carbocycles. The minimum atomic E-state index is -0.825. The van der Waals surface area contributed by atoms with Crippen LogP contribution in [-0.2, 0) is 0 Å². The highest BCUT2D eigenvalue weighted by molar-refractivity contribution is 5.98. The number of hydrogen-bond donors (Lipinski definition) is 1. The highest BCUT2D eigenvalue weighted by Gasteiger charge is 2.24. The van der Waals surface area contributed by atoms with Crippen molar-refractivity contribution in [1.82, 2.24) is 0 Å². The average Bonchev–Trinajstić information content (AvgIpc) is 2.53. The summed E-state index contributed by atoms with van der Waals surface area (Å²) in [6, 6.07) is 16.1. The quantitative estimate of drug-likeness (QED) is 0.848. The molecule has 3 heteroatoms. The Morgan fingerprint density at radius 1 is 1.05 bits per heavy atom. The maximum Gasteiger partial charge on any atom is 0.168 e. The fraction of sp³-hybridized carbons (Fsp3) is 0.235. The largest absolute Gasteiger partial charge is 0.497 e. The van der Waals surface area contributed by atoms with Crippen molar-refractivity contribution in [3.8, 4) is 5.75 Å². The Morgan fingerprint density at radius 2 is 1.65 bits per heavy atom. The first kappa shape index (κ1) is 14.3. The van der Waals surface area contributed by atoms with Crippen molar-refractivity contribution in [2.75, 3.05) is 7.11 Å². The average molecular weight is 270 g/mol. The van der Waals surface area contributed by atoms with E-state index in [1.165, 1.54) is 0 Å². The standard InChI is InChI=1S/C17H18O3/c1-12(16(18)13-6-4-3-5-7-13)17(19)14-8-10-15(20-2)11-9-14/h3-12,17,19H,1-2H3/t12-,17+/m1/s1. The number of Topliss-reactive ketones (excluding diaryl/α,β-unsaturated/α-hetero) is 1. The van der Waals surface area contributed by atoms with E-state index in [2.05, 4.69) is 0 Å². The lowest BCUT2D eigenvalue weighted by atomic mass is 9.90. The Bertz CT molecular complexity index is 561. The lowest BCUT2D eigenvalue weighted by Crippen LogP contribution is -2.19. The topological polar surface area (TPSA) is 46.5 Å². The number of carbonyl (C=O) groups excluding carboxylic acids is 1. The number of carbonyl (C=O) groups is 1. The molecule has 0 bridgehead atoms. The van der Waals surface area contributed by atoms with Crippen LogP contribution in [0.2, 0.25) is 0 Å². The molecule has 0 fully saturated rings. The van der Waals surface area contributed by atoms with E-state index in [-0.39, 0.29) is 5.78 Å². The summed E-state index contributed by atoms with van der Waals surface area (Å²) >= 11 is 0. The molecule has 3 nitrogen and oxygen atoms in total. The molecular weight excluding hydrogens is 252 g/mol. The fourth-order valence-corrected chi connectivity index (χ4v) is 2.10. The van der Waals surface area contributed by atoms with Crippen LogP contribution < -0.4 is 4.74 Å². The van der Waals surface area contributed by atoms with Gasteiger partial charge in [0.15, 0.2) is 5.78 Å². The minimum Gasteiger partial charge on any atom is -0.497 e. The van der Waals surface area contributed by atoms with Crippen molar-refractivity contribution in [3.05, 3.63) is 65.7 Å². The van der Waals surface area contributed by atoms with E-state index in [0.29, 0.717) is 11.1 Å². The van der Waals surface area contributed by atoms with Crippen LogP contribution in [0.5, 0.6) is 5.75 Å². The van der Waals surface area contributed by atoms with Crippen LogP contribution >= 0.6 is 0 Å². The van der Waals surface area contributed by atoms with Gasteiger partial charge in [0.1, 0.15) is 5.75 Å². The maximum absolute atomic E-state index is 12.3. The molecular formula is C17H18O3. The molecule has 2 rings (SSSR count). The zero-order chi connectivity index (χ0) is 14.5. The van der Waals surface area contributed by atoms with Crippen LogP contribution in [0.25, 0.3) is 0 Å². The third-order valence-electron chi connectivity index (χ3n) is 3.40. The van der Waals surface area contributed by atoms with E-state index in [9.17, 15) is 9.90 Å². The Kier molecular flexibility index (Phi) is 4.53. The van der Waals surface area contributed by atoms with Gasteiger partial charge in [-0.15, -0.1) is 0 Å². The molecule has 104 valence electrons. The molecule has 0 radical (unpaired) electrons. The van der Waals surface area contributed by atoms with E-state index >= 15 is 0 Å². The van der Waals surface area contributed by atoms with Crippen molar-refractivity contribution >= 4 is 5.78 Å². The van der Waals surface area contributed by atoms with Crippen LogP contribution in [0, 0.1) is 5.92 Å². The minimum absolute atomic E-state index is 0.0612. The second kappa shape index (κ2) is 6.35. The number of methoxy groups -OCH3 is 1. The van der Waals surface area contributed by atoms with Gasteiger partial charge in [-0.25, -0.2) is 0 Å². The second-order valence-corrected chi connectivity index (χ2v) is 4.74. The number of ether oxygens (including phenoxy) is 1. The molecule has 0 aliphatic heterocycles. The van der Waals surface area contributed by atoms with Gasteiger partial charge in [0, 0.05) is 11.5 Å². The molecule has 0 amide bonds. The third-order valence-corrected chi connectivity index (χ3v) is 3.40. The molecule has 2 aromatic rings. The Hall–Kier alpha value is -2.13. The van der Waals surface area contributed by atoms with Gasteiger partial charge in [-0.2, -0.15) is 0 Å². The zero-order valence-corrected chi connectivity index (χ0v) is 11.6. The van der Waals surface area contributed by atoms with Gasteiger partial charge < -0.3 is 9.84 Å². The fourth-order valence-electron chi connectivity index (χ4n) is 2.10. The molecule has 20 heavy (non-hydrogen) atoms. The van der Waals surface area contributed by atoms with E-state index in [1.807, 2.05) is 18.2 Å². The van der Waals surface area contributed by atoms with Gasteiger partial charge >= 0.3 is 0 Å². The van der Waals surface area contributed by atoms with Crippen molar-refractivity contribution in [2.45, 2.75) is 13.0 Å². The number of aliphatic hydroxyl groups excluding tert-OH is 1. The van der Waals surface area contributed by atoms with Crippen LogP contribution in [0.15, 0.2) is 54.6 Å². The van der Waals surface area contributed by atoms with Gasteiger partial charge in [-0.1, -0.05) is 49.4 Å². The predicted molar refractivity (Wildman–Crippen MR) is 77.9 cm³/mol. The molecule has 0 heterocycles. The number of hydrogen-bond acceptors (Lipinski definition) is 3. The van der Waals surface area contributed by atoms with Crippen molar-refractivity contribution in [3.63, 3.8) is 0 Å². The molecule has 0 unspecified atom stereocenters. The number of aliphatic hydroxyl groups is 1. The van der Waals surface area contributed by atoms with Gasteiger partial charge in [-0.3, -0.25) is 4.79 Å². The van der Waals surface area contributed by atoms with Crippen LogP contribution in [0.3, 0.4) is 0 Å². The Balaban J connectivity index is 2.15. The van der Waals surface area contributed by atoms with Crippen molar-refractivity contribution in [1.29, 1.82) is 0 Å². The number of ketones is 1. The van der Waals surface area contributed by atoms with Crippen molar-refractivity contribution in [2.24, 2.45) is 5.92 Å². The third kappa shape index (κ3) is 3.06. The Morgan fingerprint density at radius 3 is 2.20 bits per heavy atom. The number of benzene rings is 2. The van der Waals surface area contributed by atoms with Crippen LogP contribution in [0.4, 0.5) is 0 Å². The van der Waals surface area contributed by atoms with Gasteiger partial charge in [0.2, 0.25) is 0 Å². The molecule has 2 aromatic carbocycles. The normalized spacial score (nSPS) is 13.6. The van der Waals surface area contributed by atoms with Gasteiger partial charge in [-0.05, 0) is 17.7 Å². The summed E-state index contributed by atoms with van der Waals surface area (Å²) in [6.07, 6.45) is -0.825. The summed E-state index contributed by atoms with van der Waals surface area (Å²) in [4.78, 5) is 12.3. The lowest BCUT2D eigenvalue weighted by Gasteiger charge is -2.18. The van der Waals surface area contributed by atoms with E-state index in [1.54, 1.807) is 50.4 Å². The van der Waals surface area contributed by atoms with E-state index in [4.69, 9.17) is 4.74 Å². The highest BCUT2D eigenvalue weighted by Crippen LogP contribution is 2.26. The molecule has 0 saturated carbocycles. The molecule has 1 N–H and O–H groups in total.